The zero-order valence-electron chi connectivity index (χ0n) is 16.9. The van der Waals surface area contributed by atoms with Crippen LogP contribution in [0.25, 0.3) is 5.76 Å². The van der Waals surface area contributed by atoms with E-state index in [1.807, 2.05) is 6.07 Å². The molecule has 5 rings (SSSR count). The molecule has 1 aromatic carbocycles. The van der Waals surface area contributed by atoms with E-state index in [0.29, 0.717) is 23.7 Å². The standard InChI is InChI=1S/C24H20N2O5/c1-14-4-6-19(31-14)21-20(22(27)17-5-7-18-16(11-17)8-10-30-18)23(28)24(29)26(21)13-15-3-2-9-25-12-15/h2-7,9,11-12,21,27H,8,10,13H2,1H3/b22-20-. The van der Waals surface area contributed by atoms with Crippen molar-refractivity contribution in [3.63, 3.8) is 0 Å². The number of fused-ring (bicyclic) bond motifs is 1. The summed E-state index contributed by atoms with van der Waals surface area (Å²) in [4.78, 5) is 31.5. The largest absolute Gasteiger partial charge is 0.507 e. The van der Waals surface area contributed by atoms with Crippen molar-refractivity contribution in [1.82, 2.24) is 9.88 Å². The number of rotatable bonds is 4. The number of Topliss-reactive ketones (excluding diaryl/α,β-unsaturated/α-hetero) is 1. The molecule has 4 heterocycles. The molecular weight excluding hydrogens is 396 g/mol. The number of likely N-dealkylation sites (tertiary alicyclic amines) is 1. The second-order valence-corrected chi connectivity index (χ2v) is 7.66. The topological polar surface area (TPSA) is 92.9 Å². The van der Waals surface area contributed by atoms with Gasteiger partial charge in [-0.05, 0) is 54.4 Å². The van der Waals surface area contributed by atoms with Crippen molar-refractivity contribution in [1.29, 1.82) is 0 Å². The average molecular weight is 416 g/mol. The highest BCUT2D eigenvalue weighted by Crippen LogP contribution is 2.41. The van der Waals surface area contributed by atoms with Crippen LogP contribution in [0.15, 0.2) is 64.8 Å². The molecule has 0 spiro atoms. The van der Waals surface area contributed by atoms with Crippen LogP contribution in [0.5, 0.6) is 5.75 Å². The molecule has 1 atom stereocenters. The van der Waals surface area contributed by atoms with Gasteiger partial charge in [0.05, 0.1) is 12.2 Å². The summed E-state index contributed by atoms with van der Waals surface area (Å²) in [6.45, 7) is 2.54. The van der Waals surface area contributed by atoms with Crippen molar-refractivity contribution in [2.24, 2.45) is 0 Å². The summed E-state index contributed by atoms with van der Waals surface area (Å²) < 4.78 is 11.3. The Hall–Kier alpha value is -3.87. The fourth-order valence-electron chi connectivity index (χ4n) is 4.12. The number of furan rings is 1. The van der Waals surface area contributed by atoms with Gasteiger partial charge in [-0.1, -0.05) is 6.07 Å². The zero-order valence-corrected chi connectivity index (χ0v) is 16.9. The van der Waals surface area contributed by atoms with Gasteiger partial charge < -0.3 is 19.2 Å². The molecule has 1 N–H and O–H groups in total. The number of benzene rings is 1. The predicted octanol–water partition coefficient (Wildman–Crippen LogP) is 3.54. The molecule has 1 fully saturated rings. The van der Waals surface area contributed by atoms with Crippen molar-refractivity contribution in [3.05, 3.63) is 88.6 Å². The van der Waals surface area contributed by atoms with Crippen molar-refractivity contribution >= 4 is 17.4 Å². The minimum Gasteiger partial charge on any atom is -0.507 e. The summed E-state index contributed by atoms with van der Waals surface area (Å²) in [5.41, 5.74) is 2.21. The van der Waals surface area contributed by atoms with E-state index in [-0.39, 0.29) is 17.9 Å². The molecule has 2 aliphatic heterocycles. The van der Waals surface area contributed by atoms with Crippen molar-refractivity contribution in [2.45, 2.75) is 25.9 Å². The molecular formula is C24H20N2O5. The van der Waals surface area contributed by atoms with Gasteiger partial charge >= 0.3 is 0 Å². The van der Waals surface area contributed by atoms with Gasteiger partial charge in [0.2, 0.25) is 0 Å². The first kappa shape index (κ1) is 19.1. The summed E-state index contributed by atoms with van der Waals surface area (Å²) in [5.74, 6) is 0.196. The number of aliphatic hydroxyl groups is 1. The zero-order chi connectivity index (χ0) is 21.5. The van der Waals surface area contributed by atoms with Crippen LogP contribution in [0.1, 0.15) is 34.3 Å². The number of aryl methyl sites for hydroxylation is 1. The van der Waals surface area contributed by atoms with E-state index < -0.39 is 17.7 Å². The van der Waals surface area contributed by atoms with Crippen LogP contribution in [0, 0.1) is 6.92 Å². The number of ether oxygens (including phenoxy) is 1. The molecule has 7 heteroatoms. The molecule has 1 unspecified atom stereocenters. The summed E-state index contributed by atoms with van der Waals surface area (Å²) in [6.07, 6.45) is 4.01. The third kappa shape index (κ3) is 3.28. The van der Waals surface area contributed by atoms with E-state index in [4.69, 9.17) is 9.15 Å². The van der Waals surface area contributed by atoms with Gasteiger partial charge in [0.1, 0.15) is 29.1 Å². The Labute approximate surface area is 178 Å². The molecule has 1 amide bonds. The number of carbonyl (C=O) groups is 2. The Morgan fingerprint density at radius 2 is 2.10 bits per heavy atom. The fraction of sp³-hybridized carbons (Fsp3) is 0.208. The number of pyridine rings is 1. The summed E-state index contributed by atoms with van der Waals surface area (Å²) in [7, 11) is 0. The van der Waals surface area contributed by atoms with Gasteiger partial charge in [0.15, 0.2) is 0 Å². The van der Waals surface area contributed by atoms with E-state index in [1.165, 1.54) is 4.90 Å². The van der Waals surface area contributed by atoms with Crippen LogP contribution in [0.4, 0.5) is 0 Å². The van der Waals surface area contributed by atoms with E-state index in [2.05, 4.69) is 4.98 Å². The second kappa shape index (κ2) is 7.43. The van der Waals surface area contributed by atoms with Crippen LogP contribution in [0.2, 0.25) is 0 Å². The third-order valence-corrected chi connectivity index (χ3v) is 5.61. The molecule has 3 aromatic rings. The molecule has 1 saturated heterocycles. The maximum Gasteiger partial charge on any atom is 0.296 e. The molecule has 156 valence electrons. The Balaban J connectivity index is 1.63. The highest BCUT2D eigenvalue weighted by atomic mass is 16.5. The van der Waals surface area contributed by atoms with Crippen LogP contribution in [0.3, 0.4) is 0 Å². The lowest BCUT2D eigenvalue weighted by Crippen LogP contribution is -2.29. The molecule has 2 aliphatic rings. The quantitative estimate of drug-likeness (QED) is 0.397. The van der Waals surface area contributed by atoms with Gasteiger partial charge in [-0.15, -0.1) is 0 Å². The Bertz CT molecular complexity index is 1210. The Morgan fingerprint density at radius 1 is 1.23 bits per heavy atom. The monoisotopic (exact) mass is 416 g/mol. The fourth-order valence-corrected chi connectivity index (χ4v) is 4.12. The smallest absolute Gasteiger partial charge is 0.296 e. The lowest BCUT2D eigenvalue weighted by Gasteiger charge is -2.23. The maximum absolute atomic E-state index is 13.1. The lowest BCUT2D eigenvalue weighted by atomic mass is 9.98. The van der Waals surface area contributed by atoms with Crippen LogP contribution in [-0.4, -0.2) is 33.3 Å². The molecule has 0 aliphatic carbocycles. The molecule has 0 saturated carbocycles. The molecule has 0 radical (unpaired) electrons. The Kier molecular flexibility index (Phi) is 4.58. The molecule has 2 aromatic heterocycles. The number of nitrogens with zero attached hydrogens (tertiary/aromatic N) is 2. The third-order valence-electron chi connectivity index (χ3n) is 5.61. The summed E-state index contributed by atoms with van der Waals surface area (Å²) in [6, 6.07) is 11.5. The van der Waals surface area contributed by atoms with E-state index in [1.54, 1.807) is 55.7 Å². The number of carbonyl (C=O) groups excluding carboxylic acids is 2. The van der Waals surface area contributed by atoms with Crippen molar-refractivity contribution in [2.75, 3.05) is 6.61 Å². The first-order valence-electron chi connectivity index (χ1n) is 10.0. The number of aromatic nitrogens is 1. The summed E-state index contributed by atoms with van der Waals surface area (Å²) in [5, 5.41) is 11.1. The van der Waals surface area contributed by atoms with Crippen LogP contribution < -0.4 is 4.74 Å². The number of ketones is 1. The average Bonchev–Trinajstić information content (AvgIpc) is 3.48. The van der Waals surface area contributed by atoms with Crippen LogP contribution in [-0.2, 0) is 22.6 Å². The minimum absolute atomic E-state index is 0.0158. The number of aliphatic hydroxyl groups excluding tert-OH is 1. The Morgan fingerprint density at radius 3 is 2.84 bits per heavy atom. The highest BCUT2D eigenvalue weighted by molar-refractivity contribution is 6.46. The van der Waals surface area contributed by atoms with Crippen LogP contribution >= 0.6 is 0 Å². The minimum atomic E-state index is -0.835. The normalized spacial score (nSPS) is 19.5. The van der Waals surface area contributed by atoms with Gasteiger partial charge in [-0.2, -0.15) is 0 Å². The molecule has 7 nitrogen and oxygen atoms in total. The van der Waals surface area contributed by atoms with Gasteiger partial charge in [-0.25, -0.2) is 0 Å². The van der Waals surface area contributed by atoms with E-state index in [0.717, 1.165) is 23.3 Å². The van der Waals surface area contributed by atoms with Gasteiger partial charge in [0, 0.05) is 30.9 Å². The maximum atomic E-state index is 13.1. The number of amides is 1. The second-order valence-electron chi connectivity index (χ2n) is 7.66. The van der Waals surface area contributed by atoms with Crippen molar-refractivity contribution < 1.29 is 23.8 Å². The predicted molar refractivity (Wildman–Crippen MR) is 111 cm³/mol. The van der Waals surface area contributed by atoms with Gasteiger partial charge in [-0.3, -0.25) is 14.6 Å². The van der Waals surface area contributed by atoms with Crippen molar-refractivity contribution in [3.8, 4) is 5.75 Å². The van der Waals surface area contributed by atoms with Gasteiger partial charge in [0.25, 0.3) is 11.7 Å². The number of hydrogen-bond donors (Lipinski definition) is 1. The molecule has 31 heavy (non-hydrogen) atoms. The first-order chi connectivity index (χ1) is 15.0. The SMILES string of the molecule is Cc1ccc(C2/C(=C(/O)c3ccc4c(c3)CCO4)C(=O)C(=O)N2Cc2cccnc2)o1. The first-order valence-corrected chi connectivity index (χ1v) is 10.0. The summed E-state index contributed by atoms with van der Waals surface area (Å²) >= 11 is 0. The van der Waals surface area contributed by atoms with E-state index in [9.17, 15) is 14.7 Å². The molecule has 0 bridgehead atoms. The lowest BCUT2D eigenvalue weighted by molar-refractivity contribution is -0.140. The number of hydrogen-bond acceptors (Lipinski definition) is 6. The highest BCUT2D eigenvalue weighted by Gasteiger charge is 2.47. The van der Waals surface area contributed by atoms with E-state index >= 15 is 0 Å².